The van der Waals surface area contributed by atoms with Gasteiger partial charge in [0.25, 0.3) is 11.7 Å². The van der Waals surface area contributed by atoms with Gasteiger partial charge in [0.15, 0.2) is 0 Å². The van der Waals surface area contributed by atoms with E-state index in [0.717, 1.165) is 24.8 Å². The van der Waals surface area contributed by atoms with Gasteiger partial charge in [0, 0.05) is 12.1 Å². The lowest BCUT2D eigenvalue weighted by atomic mass is 9.93. The Bertz CT molecular complexity index is 958. The molecule has 3 rings (SSSR count). The maximum atomic E-state index is 13.0. The summed E-state index contributed by atoms with van der Waals surface area (Å²) in [6.45, 7) is 6.82. The summed E-state index contributed by atoms with van der Waals surface area (Å²) in [5, 5.41) is 11.1. The fraction of sp³-hybridized carbons (Fsp3) is 0.385. The van der Waals surface area contributed by atoms with E-state index in [1.54, 1.807) is 36.3 Å². The number of ketones is 1. The van der Waals surface area contributed by atoms with Crippen LogP contribution >= 0.6 is 0 Å². The standard InChI is InChI=1S/C26H31NO4/c1-5-6-7-16-27-23(19-10-8-18(9-11-19)17(2)3)22(25(29)26(27)30)24(28)20-12-14-21(31-4)15-13-20/h8-15,17,23,28H,5-7,16H2,1-4H3/b24-22-. The van der Waals surface area contributed by atoms with Gasteiger partial charge in [-0.05, 0) is 47.7 Å². The first-order valence-electron chi connectivity index (χ1n) is 10.9. The molecule has 2 aromatic rings. The van der Waals surface area contributed by atoms with E-state index in [9.17, 15) is 14.7 Å². The predicted octanol–water partition coefficient (Wildman–Crippen LogP) is 5.43. The molecule has 0 aromatic heterocycles. The molecule has 1 N–H and O–H groups in total. The molecule has 0 bridgehead atoms. The lowest BCUT2D eigenvalue weighted by Gasteiger charge is -2.25. The lowest BCUT2D eigenvalue weighted by molar-refractivity contribution is -0.139. The highest BCUT2D eigenvalue weighted by Gasteiger charge is 2.45. The third kappa shape index (κ3) is 4.66. The lowest BCUT2D eigenvalue weighted by Crippen LogP contribution is -2.30. The van der Waals surface area contributed by atoms with Crippen molar-refractivity contribution in [3.05, 3.63) is 70.8 Å². The number of benzene rings is 2. The topological polar surface area (TPSA) is 66.8 Å². The molecule has 0 spiro atoms. The van der Waals surface area contributed by atoms with E-state index in [-0.39, 0.29) is 11.3 Å². The Labute approximate surface area is 184 Å². The highest BCUT2D eigenvalue weighted by molar-refractivity contribution is 6.46. The average Bonchev–Trinajstić information content (AvgIpc) is 3.04. The van der Waals surface area contributed by atoms with Crippen LogP contribution in [0, 0.1) is 0 Å². The molecule has 1 aliphatic rings. The van der Waals surface area contributed by atoms with E-state index in [1.165, 1.54) is 5.56 Å². The van der Waals surface area contributed by atoms with Gasteiger partial charge in [-0.15, -0.1) is 0 Å². The van der Waals surface area contributed by atoms with Gasteiger partial charge in [-0.2, -0.15) is 0 Å². The van der Waals surface area contributed by atoms with E-state index >= 15 is 0 Å². The molecular formula is C26H31NO4. The van der Waals surface area contributed by atoms with Gasteiger partial charge in [-0.1, -0.05) is 57.9 Å². The second-order valence-electron chi connectivity index (χ2n) is 8.25. The number of carbonyl (C=O) groups is 2. The Kier molecular flexibility index (Phi) is 7.16. The molecule has 0 saturated carbocycles. The number of amides is 1. The number of nitrogens with zero attached hydrogens (tertiary/aromatic N) is 1. The normalized spacial score (nSPS) is 18.1. The third-order valence-corrected chi connectivity index (χ3v) is 5.82. The summed E-state index contributed by atoms with van der Waals surface area (Å²) >= 11 is 0. The zero-order chi connectivity index (χ0) is 22.5. The maximum absolute atomic E-state index is 13.0. The Morgan fingerprint density at radius 3 is 2.23 bits per heavy atom. The predicted molar refractivity (Wildman–Crippen MR) is 122 cm³/mol. The molecule has 0 aliphatic carbocycles. The van der Waals surface area contributed by atoms with Crippen molar-refractivity contribution in [1.82, 2.24) is 4.90 Å². The summed E-state index contributed by atoms with van der Waals surface area (Å²) in [6, 6.07) is 14.2. The number of likely N-dealkylation sites (tertiary alicyclic amines) is 1. The van der Waals surface area contributed by atoms with Crippen LogP contribution in [0.2, 0.25) is 0 Å². The van der Waals surface area contributed by atoms with Gasteiger partial charge in [-0.25, -0.2) is 0 Å². The van der Waals surface area contributed by atoms with Crippen LogP contribution in [-0.4, -0.2) is 35.4 Å². The summed E-state index contributed by atoms with van der Waals surface area (Å²) in [6.07, 6.45) is 2.80. The number of aliphatic hydroxyl groups is 1. The molecule has 1 fully saturated rings. The number of hydrogen-bond acceptors (Lipinski definition) is 4. The van der Waals surface area contributed by atoms with Crippen molar-refractivity contribution >= 4 is 17.4 Å². The van der Waals surface area contributed by atoms with Crippen LogP contribution < -0.4 is 4.74 Å². The Morgan fingerprint density at radius 1 is 1.03 bits per heavy atom. The van der Waals surface area contributed by atoms with Gasteiger partial charge in [0.05, 0.1) is 18.7 Å². The number of ether oxygens (including phenoxy) is 1. The van der Waals surface area contributed by atoms with Crippen LogP contribution in [0.5, 0.6) is 5.75 Å². The molecule has 1 heterocycles. The first-order valence-corrected chi connectivity index (χ1v) is 10.9. The van der Waals surface area contributed by atoms with E-state index in [1.807, 2.05) is 24.3 Å². The van der Waals surface area contributed by atoms with Crippen molar-refractivity contribution in [3.63, 3.8) is 0 Å². The minimum atomic E-state index is -0.636. The van der Waals surface area contributed by atoms with Gasteiger partial charge in [0.2, 0.25) is 0 Å². The zero-order valence-electron chi connectivity index (χ0n) is 18.7. The van der Waals surface area contributed by atoms with Crippen LogP contribution in [0.4, 0.5) is 0 Å². The third-order valence-electron chi connectivity index (χ3n) is 5.82. The van der Waals surface area contributed by atoms with Gasteiger partial charge >= 0.3 is 0 Å². The van der Waals surface area contributed by atoms with Crippen molar-refractivity contribution in [1.29, 1.82) is 0 Å². The van der Waals surface area contributed by atoms with Gasteiger partial charge in [0.1, 0.15) is 11.5 Å². The van der Waals surface area contributed by atoms with Crippen molar-refractivity contribution < 1.29 is 19.4 Å². The largest absolute Gasteiger partial charge is 0.507 e. The highest BCUT2D eigenvalue weighted by Crippen LogP contribution is 2.40. The molecule has 1 aliphatic heterocycles. The van der Waals surface area contributed by atoms with Crippen LogP contribution in [0.1, 0.15) is 68.7 Å². The smallest absolute Gasteiger partial charge is 0.295 e. The van der Waals surface area contributed by atoms with Gasteiger partial charge < -0.3 is 14.7 Å². The molecule has 5 nitrogen and oxygen atoms in total. The molecule has 1 unspecified atom stereocenters. The molecule has 31 heavy (non-hydrogen) atoms. The average molecular weight is 422 g/mol. The van der Waals surface area contributed by atoms with Crippen LogP contribution in [0.3, 0.4) is 0 Å². The summed E-state index contributed by atoms with van der Waals surface area (Å²) in [7, 11) is 1.57. The number of aliphatic hydroxyl groups excluding tert-OH is 1. The molecule has 5 heteroatoms. The summed E-state index contributed by atoms with van der Waals surface area (Å²) < 4.78 is 5.18. The molecular weight excluding hydrogens is 390 g/mol. The number of Topliss-reactive ketones (excluding diaryl/α,β-unsaturated/α-hetero) is 1. The first-order chi connectivity index (χ1) is 14.9. The van der Waals surface area contributed by atoms with Crippen LogP contribution in [0.25, 0.3) is 5.76 Å². The molecule has 1 atom stereocenters. The number of unbranched alkanes of at least 4 members (excludes halogenated alkanes) is 2. The summed E-state index contributed by atoms with van der Waals surface area (Å²) in [5.74, 6) is -0.314. The Morgan fingerprint density at radius 2 is 1.68 bits per heavy atom. The Balaban J connectivity index is 2.09. The second-order valence-corrected chi connectivity index (χ2v) is 8.25. The summed E-state index contributed by atoms with van der Waals surface area (Å²) in [4.78, 5) is 27.5. The molecule has 0 radical (unpaired) electrons. The number of hydrogen-bond donors (Lipinski definition) is 1. The minimum Gasteiger partial charge on any atom is -0.507 e. The monoisotopic (exact) mass is 421 g/mol. The second kappa shape index (κ2) is 9.82. The quantitative estimate of drug-likeness (QED) is 0.267. The van der Waals surface area contributed by atoms with Crippen molar-refractivity contribution in [3.8, 4) is 5.75 Å². The molecule has 164 valence electrons. The van der Waals surface area contributed by atoms with Crippen LogP contribution in [0.15, 0.2) is 54.1 Å². The van der Waals surface area contributed by atoms with E-state index in [4.69, 9.17) is 4.74 Å². The molecule has 1 saturated heterocycles. The Hall–Kier alpha value is -3.08. The molecule has 1 amide bonds. The first kappa shape index (κ1) is 22.6. The van der Waals surface area contributed by atoms with E-state index in [2.05, 4.69) is 20.8 Å². The van der Waals surface area contributed by atoms with Crippen LogP contribution in [-0.2, 0) is 9.59 Å². The fourth-order valence-corrected chi connectivity index (χ4v) is 3.96. The minimum absolute atomic E-state index is 0.143. The van der Waals surface area contributed by atoms with E-state index in [0.29, 0.717) is 23.8 Å². The van der Waals surface area contributed by atoms with Crippen molar-refractivity contribution in [2.75, 3.05) is 13.7 Å². The summed E-state index contributed by atoms with van der Waals surface area (Å²) in [5.41, 5.74) is 2.64. The fourth-order valence-electron chi connectivity index (χ4n) is 3.96. The zero-order valence-corrected chi connectivity index (χ0v) is 18.7. The highest BCUT2D eigenvalue weighted by atomic mass is 16.5. The SMILES string of the molecule is CCCCCN1C(=O)C(=O)/C(=C(\O)c2ccc(OC)cc2)C1c1ccc(C(C)C)cc1. The maximum Gasteiger partial charge on any atom is 0.295 e. The number of rotatable bonds is 8. The number of carbonyl (C=O) groups excluding carboxylic acids is 2. The molecule has 2 aromatic carbocycles. The van der Waals surface area contributed by atoms with E-state index < -0.39 is 17.7 Å². The number of methoxy groups -OCH3 is 1. The van der Waals surface area contributed by atoms with Gasteiger partial charge in [-0.3, -0.25) is 9.59 Å². The van der Waals surface area contributed by atoms with Crippen molar-refractivity contribution in [2.45, 2.75) is 52.0 Å². The van der Waals surface area contributed by atoms with Crippen molar-refractivity contribution in [2.24, 2.45) is 0 Å².